The average Bonchev–Trinajstić information content (AvgIpc) is 2.84. The predicted molar refractivity (Wildman–Crippen MR) is 81.5 cm³/mol. The van der Waals surface area contributed by atoms with Gasteiger partial charge in [-0.2, -0.15) is 0 Å². The van der Waals surface area contributed by atoms with Gasteiger partial charge in [0, 0.05) is 28.1 Å². The summed E-state index contributed by atoms with van der Waals surface area (Å²) in [6, 6.07) is 18.8. The van der Waals surface area contributed by atoms with E-state index < -0.39 is 0 Å². The zero-order valence-electron chi connectivity index (χ0n) is 10.7. The van der Waals surface area contributed by atoms with Crippen molar-refractivity contribution in [3.05, 3.63) is 60.8 Å². The van der Waals surface area contributed by atoms with Gasteiger partial charge in [-0.25, -0.2) is 4.98 Å². The molecule has 4 aromatic rings. The van der Waals surface area contributed by atoms with E-state index in [-0.39, 0.29) is 0 Å². The van der Waals surface area contributed by atoms with Crippen molar-refractivity contribution in [2.75, 3.05) is 0 Å². The Morgan fingerprint density at radius 3 is 2.30 bits per heavy atom. The Balaban J connectivity index is 2.12. The van der Waals surface area contributed by atoms with E-state index in [0.29, 0.717) is 0 Å². The topological polar surface area (TPSA) is 25.8 Å². The Hall–Kier alpha value is -2.74. The van der Waals surface area contributed by atoms with Crippen molar-refractivity contribution in [1.82, 2.24) is 9.97 Å². The van der Waals surface area contributed by atoms with E-state index in [1.807, 2.05) is 12.3 Å². The molecule has 5 rings (SSSR count). The van der Waals surface area contributed by atoms with Crippen molar-refractivity contribution in [3.8, 4) is 22.5 Å². The van der Waals surface area contributed by atoms with Crippen molar-refractivity contribution in [3.63, 3.8) is 0 Å². The van der Waals surface area contributed by atoms with Crippen molar-refractivity contribution in [2.45, 2.75) is 0 Å². The fourth-order valence-corrected chi connectivity index (χ4v) is 3.20. The Morgan fingerprint density at radius 2 is 1.40 bits per heavy atom. The number of aromatic nitrogens is 2. The van der Waals surface area contributed by atoms with Crippen LogP contribution in [-0.2, 0) is 0 Å². The molecular formula is C18H10N2. The smallest absolute Gasteiger partial charge is 0.0816 e. The number of hydrogen-bond acceptors (Lipinski definition) is 2. The molecule has 2 aromatic heterocycles. The molecule has 0 saturated carbocycles. The summed E-state index contributed by atoms with van der Waals surface area (Å²) in [5, 5.41) is 3.63. The molecule has 0 bridgehead atoms. The molecule has 2 heteroatoms. The summed E-state index contributed by atoms with van der Waals surface area (Å²) in [5.41, 5.74) is 5.56. The van der Waals surface area contributed by atoms with Crippen LogP contribution < -0.4 is 0 Å². The van der Waals surface area contributed by atoms with E-state index >= 15 is 0 Å². The Labute approximate surface area is 115 Å². The normalized spacial score (nSPS) is 12.0. The molecule has 0 radical (unpaired) electrons. The van der Waals surface area contributed by atoms with Crippen LogP contribution in [0.5, 0.6) is 0 Å². The standard InChI is InChI=1S/C18H10N2/c1-2-7-14-13(6-1)17-16-12(9-10-19-17)11-5-3-4-8-15(11)20-18(14)16/h1-10H. The first kappa shape index (κ1) is 10.1. The Morgan fingerprint density at radius 1 is 0.650 bits per heavy atom. The van der Waals surface area contributed by atoms with Crippen LogP contribution in [0.25, 0.3) is 44.2 Å². The number of pyridine rings is 2. The lowest BCUT2D eigenvalue weighted by atomic mass is 10.1. The Kier molecular flexibility index (Phi) is 1.73. The van der Waals surface area contributed by atoms with Crippen LogP contribution in [0.4, 0.5) is 0 Å². The van der Waals surface area contributed by atoms with E-state index in [1.54, 1.807) is 0 Å². The van der Waals surface area contributed by atoms with E-state index in [4.69, 9.17) is 4.98 Å². The molecule has 0 atom stereocenters. The summed E-state index contributed by atoms with van der Waals surface area (Å²) in [4.78, 5) is 9.46. The maximum absolute atomic E-state index is 4.88. The number of para-hydroxylation sites is 1. The first-order valence-electron chi connectivity index (χ1n) is 6.71. The summed E-state index contributed by atoms with van der Waals surface area (Å²) in [6.07, 6.45) is 1.90. The second kappa shape index (κ2) is 3.42. The van der Waals surface area contributed by atoms with E-state index in [9.17, 15) is 0 Å². The van der Waals surface area contributed by atoms with Crippen molar-refractivity contribution < 1.29 is 0 Å². The molecule has 1 aliphatic rings. The zero-order valence-corrected chi connectivity index (χ0v) is 10.7. The van der Waals surface area contributed by atoms with Gasteiger partial charge in [-0.15, -0.1) is 0 Å². The largest absolute Gasteiger partial charge is 0.255 e. The second-order valence-corrected chi connectivity index (χ2v) is 5.11. The number of fused-ring (bicyclic) bond motifs is 5. The summed E-state index contributed by atoms with van der Waals surface area (Å²) in [6.45, 7) is 0. The van der Waals surface area contributed by atoms with Crippen molar-refractivity contribution in [1.29, 1.82) is 0 Å². The minimum absolute atomic E-state index is 1.05. The van der Waals surface area contributed by atoms with Gasteiger partial charge in [-0.1, -0.05) is 42.5 Å². The lowest BCUT2D eigenvalue weighted by Gasteiger charge is -2.05. The van der Waals surface area contributed by atoms with Gasteiger partial charge in [-0.05, 0) is 17.5 Å². The van der Waals surface area contributed by atoms with Gasteiger partial charge in [0.05, 0.1) is 16.9 Å². The van der Waals surface area contributed by atoms with Gasteiger partial charge >= 0.3 is 0 Å². The summed E-state index contributed by atoms with van der Waals surface area (Å²) < 4.78 is 0. The predicted octanol–water partition coefficient (Wildman–Crippen LogP) is 4.43. The molecule has 20 heavy (non-hydrogen) atoms. The van der Waals surface area contributed by atoms with Gasteiger partial charge < -0.3 is 0 Å². The zero-order chi connectivity index (χ0) is 13.1. The minimum Gasteiger partial charge on any atom is -0.255 e. The fraction of sp³-hybridized carbons (Fsp3) is 0. The molecule has 0 spiro atoms. The molecule has 2 aromatic carbocycles. The van der Waals surface area contributed by atoms with Gasteiger partial charge in [0.15, 0.2) is 0 Å². The lowest BCUT2D eigenvalue weighted by molar-refractivity contribution is 1.37. The average molecular weight is 254 g/mol. The molecule has 0 N–H and O–H groups in total. The molecular weight excluding hydrogens is 244 g/mol. The monoisotopic (exact) mass is 254 g/mol. The van der Waals surface area contributed by atoms with Crippen LogP contribution in [0.15, 0.2) is 60.8 Å². The van der Waals surface area contributed by atoms with Gasteiger partial charge in [0.2, 0.25) is 0 Å². The van der Waals surface area contributed by atoms with Crippen molar-refractivity contribution >= 4 is 21.7 Å². The first-order chi connectivity index (χ1) is 9.93. The summed E-state index contributed by atoms with van der Waals surface area (Å²) >= 11 is 0. The second-order valence-electron chi connectivity index (χ2n) is 5.11. The highest BCUT2D eigenvalue weighted by Crippen LogP contribution is 2.46. The molecule has 0 fully saturated rings. The van der Waals surface area contributed by atoms with E-state index in [1.165, 1.54) is 27.3 Å². The molecule has 2 heterocycles. The van der Waals surface area contributed by atoms with Gasteiger partial charge in [0.25, 0.3) is 0 Å². The van der Waals surface area contributed by atoms with Gasteiger partial charge in [-0.3, -0.25) is 4.98 Å². The van der Waals surface area contributed by atoms with Gasteiger partial charge in [0.1, 0.15) is 0 Å². The molecule has 92 valence electrons. The number of nitrogens with zero attached hydrogens (tertiary/aromatic N) is 2. The fourth-order valence-electron chi connectivity index (χ4n) is 3.20. The molecule has 0 aliphatic heterocycles. The lowest BCUT2D eigenvalue weighted by Crippen LogP contribution is -1.86. The van der Waals surface area contributed by atoms with Crippen LogP contribution in [0.3, 0.4) is 0 Å². The molecule has 1 aliphatic carbocycles. The van der Waals surface area contributed by atoms with Crippen LogP contribution in [0.1, 0.15) is 0 Å². The maximum atomic E-state index is 4.88. The molecule has 0 unspecified atom stereocenters. The Bertz CT molecular complexity index is 1000. The third-order valence-electron chi connectivity index (χ3n) is 4.05. The summed E-state index contributed by atoms with van der Waals surface area (Å²) in [7, 11) is 0. The van der Waals surface area contributed by atoms with Crippen molar-refractivity contribution in [2.24, 2.45) is 0 Å². The number of rotatable bonds is 0. The van der Waals surface area contributed by atoms with Crippen LogP contribution >= 0.6 is 0 Å². The quantitative estimate of drug-likeness (QED) is 0.382. The van der Waals surface area contributed by atoms with Crippen LogP contribution in [0, 0.1) is 0 Å². The molecule has 2 nitrogen and oxygen atoms in total. The van der Waals surface area contributed by atoms with Crippen LogP contribution in [-0.4, -0.2) is 9.97 Å². The minimum atomic E-state index is 1.05. The SMILES string of the molecule is c1ccc2c(c1)-c1nccc3c1c-2nc1ccccc13. The third kappa shape index (κ3) is 1.09. The first-order valence-corrected chi connectivity index (χ1v) is 6.71. The summed E-state index contributed by atoms with van der Waals surface area (Å²) in [5.74, 6) is 0. The molecule has 0 amide bonds. The number of hydrogen-bond donors (Lipinski definition) is 0. The number of benzene rings is 2. The highest BCUT2D eigenvalue weighted by molar-refractivity contribution is 6.20. The van der Waals surface area contributed by atoms with Crippen LogP contribution in [0.2, 0.25) is 0 Å². The van der Waals surface area contributed by atoms with E-state index in [0.717, 1.165) is 16.9 Å². The molecule has 0 saturated heterocycles. The van der Waals surface area contributed by atoms with E-state index in [2.05, 4.69) is 53.5 Å². The highest BCUT2D eigenvalue weighted by atomic mass is 14.8. The third-order valence-corrected chi connectivity index (χ3v) is 4.05. The highest BCUT2D eigenvalue weighted by Gasteiger charge is 2.24. The maximum Gasteiger partial charge on any atom is 0.0816 e.